The van der Waals surface area contributed by atoms with Crippen molar-refractivity contribution in [1.82, 2.24) is 4.90 Å². The number of nitrogens with zero attached hydrogens (tertiary/aromatic N) is 1. The second kappa shape index (κ2) is 7.70. The van der Waals surface area contributed by atoms with Gasteiger partial charge in [-0.25, -0.2) is 0 Å². The minimum atomic E-state index is -0.350. The third-order valence-corrected chi connectivity index (χ3v) is 4.82. The van der Waals surface area contributed by atoms with Crippen molar-refractivity contribution in [3.05, 3.63) is 54.1 Å². The first-order chi connectivity index (χ1) is 13.2. The number of ether oxygens (including phenoxy) is 2. The minimum Gasteiger partial charge on any atom is -0.490 e. The van der Waals surface area contributed by atoms with Crippen molar-refractivity contribution >= 4 is 17.5 Å². The lowest BCUT2D eigenvalue weighted by Crippen LogP contribution is -2.28. The third-order valence-electron chi connectivity index (χ3n) is 4.82. The molecule has 2 heterocycles. The lowest BCUT2D eigenvalue weighted by molar-refractivity contribution is -0.128. The van der Waals surface area contributed by atoms with Crippen LogP contribution < -0.4 is 14.8 Å². The molecule has 0 saturated carbocycles. The first-order valence-electron chi connectivity index (χ1n) is 9.21. The zero-order chi connectivity index (χ0) is 18.6. The second-order valence-corrected chi connectivity index (χ2v) is 6.86. The van der Waals surface area contributed by atoms with Crippen LogP contribution in [-0.4, -0.2) is 36.5 Å². The maximum atomic E-state index is 12.6. The molecule has 140 valence electrons. The molecule has 2 amide bonds. The van der Waals surface area contributed by atoms with Gasteiger partial charge >= 0.3 is 0 Å². The molecule has 2 aromatic rings. The van der Waals surface area contributed by atoms with Gasteiger partial charge in [0.2, 0.25) is 11.8 Å². The lowest BCUT2D eigenvalue weighted by Gasteiger charge is -2.17. The summed E-state index contributed by atoms with van der Waals surface area (Å²) in [6, 6.07) is 15.2. The molecule has 1 N–H and O–H groups in total. The van der Waals surface area contributed by atoms with E-state index in [-0.39, 0.29) is 24.2 Å². The van der Waals surface area contributed by atoms with Crippen LogP contribution in [0.2, 0.25) is 0 Å². The van der Waals surface area contributed by atoms with Gasteiger partial charge in [-0.05, 0) is 17.7 Å². The third kappa shape index (κ3) is 4.05. The maximum Gasteiger partial charge on any atom is 0.229 e. The SMILES string of the molecule is O=C(Nc1ccc2c(c1)OCCCO2)C1CC(=O)N(Cc2ccccc2)C1. The van der Waals surface area contributed by atoms with Gasteiger partial charge in [0.1, 0.15) is 0 Å². The van der Waals surface area contributed by atoms with Crippen LogP contribution in [-0.2, 0) is 16.1 Å². The average molecular weight is 366 g/mol. The summed E-state index contributed by atoms with van der Waals surface area (Å²) >= 11 is 0. The van der Waals surface area contributed by atoms with E-state index >= 15 is 0 Å². The number of carbonyl (C=O) groups is 2. The summed E-state index contributed by atoms with van der Waals surface area (Å²) in [6.07, 6.45) is 1.07. The summed E-state index contributed by atoms with van der Waals surface area (Å²) in [7, 11) is 0. The average Bonchev–Trinajstić information content (AvgIpc) is 2.89. The summed E-state index contributed by atoms with van der Waals surface area (Å²) in [5, 5.41) is 2.91. The van der Waals surface area contributed by atoms with E-state index in [2.05, 4.69) is 5.32 Å². The summed E-state index contributed by atoms with van der Waals surface area (Å²) < 4.78 is 11.3. The molecule has 2 aliphatic heterocycles. The predicted molar refractivity (Wildman–Crippen MR) is 101 cm³/mol. The fourth-order valence-electron chi connectivity index (χ4n) is 3.39. The zero-order valence-corrected chi connectivity index (χ0v) is 15.0. The number of hydrogen-bond donors (Lipinski definition) is 1. The Bertz CT molecular complexity index is 837. The Morgan fingerprint density at radius 2 is 1.85 bits per heavy atom. The maximum absolute atomic E-state index is 12.6. The molecule has 1 unspecified atom stereocenters. The van der Waals surface area contributed by atoms with Gasteiger partial charge < -0.3 is 19.7 Å². The van der Waals surface area contributed by atoms with Crippen molar-refractivity contribution in [2.24, 2.45) is 5.92 Å². The van der Waals surface area contributed by atoms with E-state index < -0.39 is 0 Å². The van der Waals surface area contributed by atoms with Gasteiger partial charge in [-0.1, -0.05) is 30.3 Å². The smallest absolute Gasteiger partial charge is 0.229 e. The number of rotatable bonds is 4. The summed E-state index contributed by atoms with van der Waals surface area (Å²) in [4.78, 5) is 26.7. The van der Waals surface area contributed by atoms with Crippen molar-refractivity contribution in [2.75, 3.05) is 25.1 Å². The van der Waals surface area contributed by atoms with E-state index in [9.17, 15) is 9.59 Å². The quantitative estimate of drug-likeness (QED) is 0.904. The Morgan fingerprint density at radius 1 is 1.07 bits per heavy atom. The molecular formula is C21H22N2O4. The predicted octanol–water partition coefficient (Wildman–Crippen LogP) is 2.84. The highest BCUT2D eigenvalue weighted by molar-refractivity contribution is 5.97. The molecule has 2 aromatic carbocycles. The molecule has 2 aliphatic rings. The fourth-order valence-corrected chi connectivity index (χ4v) is 3.39. The molecule has 0 aliphatic carbocycles. The second-order valence-electron chi connectivity index (χ2n) is 6.86. The van der Waals surface area contributed by atoms with E-state index in [0.717, 1.165) is 12.0 Å². The topological polar surface area (TPSA) is 67.9 Å². The Labute approximate surface area is 158 Å². The van der Waals surface area contributed by atoms with E-state index in [4.69, 9.17) is 9.47 Å². The summed E-state index contributed by atoms with van der Waals surface area (Å²) in [5.74, 6) is 0.845. The van der Waals surface area contributed by atoms with Crippen molar-refractivity contribution in [3.8, 4) is 11.5 Å². The molecule has 1 fully saturated rings. The molecule has 27 heavy (non-hydrogen) atoms. The largest absolute Gasteiger partial charge is 0.490 e. The molecule has 0 radical (unpaired) electrons. The van der Waals surface area contributed by atoms with Gasteiger partial charge in [-0.3, -0.25) is 9.59 Å². The highest BCUT2D eigenvalue weighted by atomic mass is 16.5. The number of carbonyl (C=O) groups excluding carboxylic acids is 2. The zero-order valence-electron chi connectivity index (χ0n) is 15.0. The number of hydrogen-bond acceptors (Lipinski definition) is 4. The highest BCUT2D eigenvalue weighted by Gasteiger charge is 2.34. The van der Waals surface area contributed by atoms with Crippen LogP contribution >= 0.6 is 0 Å². The number of amides is 2. The van der Waals surface area contributed by atoms with Crippen LogP contribution in [0.15, 0.2) is 48.5 Å². The van der Waals surface area contributed by atoms with Crippen LogP contribution in [0.4, 0.5) is 5.69 Å². The van der Waals surface area contributed by atoms with Crippen LogP contribution in [0, 0.1) is 5.92 Å². The Morgan fingerprint density at radius 3 is 2.67 bits per heavy atom. The Hall–Kier alpha value is -3.02. The monoisotopic (exact) mass is 366 g/mol. The molecule has 0 aromatic heterocycles. The molecule has 6 nitrogen and oxygen atoms in total. The van der Waals surface area contributed by atoms with Gasteiger partial charge in [0.15, 0.2) is 11.5 Å². The van der Waals surface area contributed by atoms with Crippen molar-refractivity contribution in [3.63, 3.8) is 0 Å². The molecular weight excluding hydrogens is 344 g/mol. The van der Waals surface area contributed by atoms with Gasteiger partial charge in [0.05, 0.1) is 19.1 Å². The number of nitrogens with one attached hydrogen (secondary N) is 1. The van der Waals surface area contributed by atoms with Crippen molar-refractivity contribution in [1.29, 1.82) is 0 Å². The van der Waals surface area contributed by atoms with E-state index in [1.54, 1.807) is 23.1 Å². The summed E-state index contributed by atoms with van der Waals surface area (Å²) in [6.45, 7) is 2.19. The van der Waals surface area contributed by atoms with Gasteiger partial charge in [0.25, 0.3) is 0 Å². The van der Waals surface area contributed by atoms with E-state index in [1.807, 2.05) is 30.3 Å². The molecule has 1 atom stereocenters. The standard InChI is InChI=1S/C21H22N2O4/c24-20-11-16(14-23(20)13-15-5-2-1-3-6-15)21(25)22-17-7-8-18-19(12-17)27-10-4-9-26-18/h1-3,5-8,12,16H,4,9-11,13-14H2,(H,22,25). The van der Waals surface area contributed by atoms with Gasteiger partial charge in [0, 0.05) is 37.7 Å². The first kappa shape index (κ1) is 17.4. The van der Waals surface area contributed by atoms with E-state index in [0.29, 0.717) is 43.5 Å². The Kier molecular flexibility index (Phi) is 4.96. The molecule has 0 spiro atoms. The fraction of sp³-hybridized carbons (Fsp3) is 0.333. The number of likely N-dealkylation sites (tertiary alicyclic amines) is 1. The first-order valence-corrected chi connectivity index (χ1v) is 9.21. The molecule has 4 rings (SSSR count). The molecule has 0 bridgehead atoms. The highest BCUT2D eigenvalue weighted by Crippen LogP contribution is 2.32. The van der Waals surface area contributed by atoms with Crippen molar-refractivity contribution in [2.45, 2.75) is 19.4 Å². The minimum absolute atomic E-state index is 0.0117. The van der Waals surface area contributed by atoms with Crippen LogP contribution in [0.3, 0.4) is 0 Å². The normalized spacial score (nSPS) is 18.9. The van der Waals surface area contributed by atoms with E-state index in [1.165, 1.54) is 0 Å². The summed E-state index contributed by atoms with van der Waals surface area (Å²) in [5.41, 5.74) is 1.72. The van der Waals surface area contributed by atoms with Crippen LogP contribution in [0.1, 0.15) is 18.4 Å². The van der Waals surface area contributed by atoms with Gasteiger partial charge in [-0.15, -0.1) is 0 Å². The van der Waals surface area contributed by atoms with Crippen molar-refractivity contribution < 1.29 is 19.1 Å². The molecule has 1 saturated heterocycles. The lowest BCUT2D eigenvalue weighted by atomic mass is 10.1. The number of anilines is 1. The molecule has 6 heteroatoms. The number of benzene rings is 2. The van der Waals surface area contributed by atoms with Gasteiger partial charge in [-0.2, -0.15) is 0 Å². The number of fused-ring (bicyclic) bond motifs is 1. The van der Waals surface area contributed by atoms with Crippen LogP contribution in [0.25, 0.3) is 0 Å². The van der Waals surface area contributed by atoms with Crippen LogP contribution in [0.5, 0.6) is 11.5 Å². The Balaban J connectivity index is 1.39.